The van der Waals surface area contributed by atoms with Crippen molar-refractivity contribution in [1.82, 2.24) is 24.8 Å². The Kier molecular flexibility index (Phi) is 4.26. The molecule has 1 aliphatic rings. The minimum Gasteiger partial charge on any atom is -0.338 e. The predicted molar refractivity (Wildman–Crippen MR) is 95.4 cm³/mol. The molecule has 3 heterocycles. The summed E-state index contributed by atoms with van der Waals surface area (Å²) >= 11 is 0. The van der Waals surface area contributed by atoms with E-state index in [9.17, 15) is 4.79 Å². The first kappa shape index (κ1) is 15.5. The molecule has 1 saturated heterocycles. The third kappa shape index (κ3) is 3.58. The van der Waals surface area contributed by atoms with Crippen molar-refractivity contribution < 1.29 is 4.79 Å². The Bertz CT molecular complexity index is 823. The molecule has 0 bridgehead atoms. The Morgan fingerprint density at radius 1 is 1.08 bits per heavy atom. The van der Waals surface area contributed by atoms with E-state index in [1.165, 1.54) is 0 Å². The average Bonchev–Trinajstić information content (AvgIpc) is 3.05. The third-order valence-corrected chi connectivity index (χ3v) is 4.22. The lowest BCUT2D eigenvalue weighted by molar-refractivity contribution is -0.117. The number of nitrogens with one attached hydrogen (secondary N) is 2. The first-order valence-corrected chi connectivity index (χ1v) is 8.27. The maximum Gasteiger partial charge on any atom is 0.240 e. The Hall–Kier alpha value is -3.00. The highest BCUT2D eigenvalue weighted by Crippen LogP contribution is 2.13. The van der Waals surface area contributed by atoms with Crippen molar-refractivity contribution in [3.8, 4) is 0 Å². The highest BCUT2D eigenvalue weighted by atomic mass is 16.2. The molecule has 8 nitrogen and oxygen atoms in total. The van der Waals surface area contributed by atoms with Gasteiger partial charge in [-0.05, 0) is 18.2 Å². The molecule has 0 saturated carbocycles. The van der Waals surface area contributed by atoms with E-state index in [4.69, 9.17) is 0 Å². The molecule has 128 valence electrons. The topological polar surface area (TPSA) is 90.0 Å². The summed E-state index contributed by atoms with van der Waals surface area (Å²) in [6.45, 7) is 3.56. The molecule has 1 amide bonds. The fourth-order valence-corrected chi connectivity index (χ4v) is 2.95. The smallest absolute Gasteiger partial charge is 0.240 e. The van der Waals surface area contributed by atoms with E-state index in [0.29, 0.717) is 12.5 Å². The number of hydrogen-bond acceptors (Lipinski definition) is 6. The number of aromatic nitrogens is 4. The second-order valence-electron chi connectivity index (χ2n) is 5.96. The van der Waals surface area contributed by atoms with Crippen LogP contribution in [-0.4, -0.2) is 63.5 Å². The zero-order valence-electron chi connectivity index (χ0n) is 13.7. The second-order valence-corrected chi connectivity index (χ2v) is 5.96. The largest absolute Gasteiger partial charge is 0.338 e. The number of fused-ring (bicyclic) bond motifs is 1. The number of nitrogens with zero attached hydrogens (tertiary/aromatic N) is 5. The van der Waals surface area contributed by atoms with Crippen LogP contribution < -0.4 is 10.2 Å². The Morgan fingerprint density at radius 2 is 1.84 bits per heavy atom. The van der Waals surface area contributed by atoms with Crippen LogP contribution in [0.15, 0.2) is 42.7 Å². The van der Waals surface area contributed by atoms with Gasteiger partial charge in [-0.15, -0.1) is 0 Å². The quantitative estimate of drug-likeness (QED) is 0.741. The van der Waals surface area contributed by atoms with Gasteiger partial charge in [0.15, 0.2) is 0 Å². The number of anilines is 2. The number of piperazine rings is 1. The Labute approximate surface area is 144 Å². The summed E-state index contributed by atoms with van der Waals surface area (Å²) in [5.74, 6) is 1.17. The number of H-pyrrole nitrogens is 1. The van der Waals surface area contributed by atoms with Gasteiger partial charge >= 0.3 is 0 Å². The van der Waals surface area contributed by atoms with E-state index >= 15 is 0 Å². The molecule has 0 radical (unpaired) electrons. The normalized spacial score (nSPS) is 15.4. The predicted octanol–water partition coefficient (Wildman–Crippen LogP) is 1.11. The first-order chi connectivity index (χ1) is 12.3. The zero-order chi connectivity index (χ0) is 17.1. The number of carbonyl (C=O) groups excluding carboxylic acids is 1. The lowest BCUT2D eigenvalue weighted by Gasteiger charge is -2.34. The van der Waals surface area contributed by atoms with E-state index in [2.05, 4.69) is 35.1 Å². The third-order valence-electron chi connectivity index (χ3n) is 4.22. The van der Waals surface area contributed by atoms with Crippen molar-refractivity contribution in [2.24, 2.45) is 0 Å². The molecule has 4 rings (SSSR count). The van der Waals surface area contributed by atoms with Gasteiger partial charge < -0.3 is 9.88 Å². The van der Waals surface area contributed by atoms with Gasteiger partial charge in [-0.1, -0.05) is 12.1 Å². The molecule has 25 heavy (non-hydrogen) atoms. The lowest BCUT2D eigenvalue weighted by atomic mass is 10.3. The molecule has 0 unspecified atom stereocenters. The molecule has 1 aliphatic heterocycles. The van der Waals surface area contributed by atoms with Crippen molar-refractivity contribution in [3.63, 3.8) is 0 Å². The van der Waals surface area contributed by atoms with Gasteiger partial charge in [0.2, 0.25) is 17.8 Å². The number of imidazole rings is 1. The van der Waals surface area contributed by atoms with Crippen LogP contribution >= 0.6 is 0 Å². The molecule has 8 heteroatoms. The highest BCUT2D eigenvalue weighted by molar-refractivity contribution is 5.92. The van der Waals surface area contributed by atoms with Crippen LogP contribution in [0.1, 0.15) is 0 Å². The van der Waals surface area contributed by atoms with Crippen molar-refractivity contribution in [2.45, 2.75) is 0 Å². The van der Waals surface area contributed by atoms with Gasteiger partial charge in [0.1, 0.15) is 0 Å². The standard InChI is InChI=1S/C17H19N7O/c25-15(22-16-20-13-4-1-2-5-14(13)21-16)12-23-8-10-24(11-9-23)17-18-6-3-7-19-17/h1-7H,8-12H2,(H2,20,21,22,25). The van der Waals surface area contributed by atoms with Gasteiger partial charge in [-0.25, -0.2) is 15.0 Å². The van der Waals surface area contributed by atoms with Crippen LogP contribution in [0, 0.1) is 0 Å². The number of para-hydroxylation sites is 2. The van der Waals surface area contributed by atoms with Crippen molar-refractivity contribution in [2.75, 3.05) is 42.9 Å². The maximum absolute atomic E-state index is 12.3. The summed E-state index contributed by atoms with van der Waals surface area (Å²) < 4.78 is 0. The number of benzene rings is 1. The van der Waals surface area contributed by atoms with Crippen LogP contribution in [0.4, 0.5) is 11.9 Å². The van der Waals surface area contributed by atoms with Gasteiger partial charge in [0, 0.05) is 38.6 Å². The maximum atomic E-state index is 12.3. The fourth-order valence-electron chi connectivity index (χ4n) is 2.95. The van der Waals surface area contributed by atoms with Crippen LogP contribution in [0.2, 0.25) is 0 Å². The van der Waals surface area contributed by atoms with E-state index in [1.54, 1.807) is 12.4 Å². The SMILES string of the molecule is O=C(CN1CCN(c2ncccn2)CC1)Nc1nc2ccccc2[nH]1. The second kappa shape index (κ2) is 6.86. The number of hydrogen-bond donors (Lipinski definition) is 2. The molecule has 1 aromatic carbocycles. The van der Waals surface area contributed by atoms with Gasteiger partial charge in [-0.2, -0.15) is 0 Å². The van der Waals surface area contributed by atoms with Crippen molar-refractivity contribution >= 4 is 28.8 Å². The number of carbonyl (C=O) groups is 1. The lowest BCUT2D eigenvalue weighted by Crippen LogP contribution is -2.49. The van der Waals surface area contributed by atoms with Crippen LogP contribution in [0.3, 0.4) is 0 Å². The molecule has 0 spiro atoms. The molecular formula is C17H19N7O. The Morgan fingerprint density at radius 3 is 2.60 bits per heavy atom. The van der Waals surface area contributed by atoms with Crippen molar-refractivity contribution in [1.29, 1.82) is 0 Å². The number of aromatic amines is 1. The summed E-state index contributed by atoms with van der Waals surface area (Å²) in [6, 6.07) is 9.50. The van der Waals surface area contributed by atoms with E-state index in [-0.39, 0.29) is 5.91 Å². The van der Waals surface area contributed by atoms with Gasteiger partial charge in [-0.3, -0.25) is 15.0 Å². The van der Waals surface area contributed by atoms with Gasteiger partial charge in [0.05, 0.1) is 17.6 Å². The summed E-state index contributed by atoms with van der Waals surface area (Å²) in [6.07, 6.45) is 3.49. The molecular weight excluding hydrogens is 318 g/mol. The van der Waals surface area contributed by atoms with Gasteiger partial charge in [0.25, 0.3) is 0 Å². The minimum atomic E-state index is -0.0662. The monoisotopic (exact) mass is 337 g/mol. The highest BCUT2D eigenvalue weighted by Gasteiger charge is 2.20. The molecule has 0 atom stereocenters. The first-order valence-electron chi connectivity index (χ1n) is 8.27. The summed E-state index contributed by atoms with van der Waals surface area (Å²) in [5.41, 5.74) is 1.75. The summed E-state index contributed by atoms with van der Waals surface area (Å²) in [7, 11) is 0. The fraction of sp³-hybridized carbons (Fsp3) is 0.294. The van der Waals surface area contributed by atoms with Crippen LogP contribution in [0.25, 0.3) is 11.0 Å². The molecule has 0 aliphatic carbocycles. The summed E-state index contributed by atoms with van der Waals surface area (Å²) in [5, 5.41) is 2.84. The van der Waals surface area contributed by atoms with Crippen LogP contribution in [-0.2, 0) is 4.79 Å². The van der Waals surface area contributed by atoms with E-state index in [1.807, 2.05) is 30.3 Å². The molecule has 2 N–H and O–H groups in total. The van der Waals surface area contributed by atoms with E-state index in [0.717, 1.165) is 43.2 Å². The van der Waals surface area contributed by atoms with E-state index < -0.39 is 0 Å². The van der Waals surface area contributed by atoms with Crippen LogP contribution in [0.5, 0.6) is 0 Å². The Balaban J connectivity index is 1.30. The number of rotatable bonds is 4. The molecule has 2 aromatic heterocycles. The number of amides is 1. The molecule has 1 fully saturated rings. The minimum absolute atomic E-state index is 0.0662. The summed E-state index contributed by atoms with van der Waals surface area (Å²) in [4.78, 5) is 32.5. The molecule has 3 aromatic rings. The zero-order valence-corrected chi connectivity index (χ0v) is 13.7. The van der Waals surface area contributed by atoms with Crippen molar-refractivity contribution in [3.05, 3.63) is 42.7 Å². The average molecular weight is 337 g/mol.